The van der Waals surface area contributed by atoms with Crippen LogP contribution in [-0.4, -0.2) is 44.9 Å². The van der Waals surface area contributed by atoms with Gasteiger partial charge in [-0.25, -0.2) is 0 Å². The molecule has 21 heavy (non-hydrogen) atoms. The van der Waals surface area contributed by atoms with E-state index in [2.05, 4.69) is 10.6 Å². The van der Waals surface area contributed by atoms with Crippen molar-refractivity contribution >= 4 is 17.5 Å². The van der Waals surface area contributed by atoms with Crippen molar-refractivity contribution in [1.29, 1.82) is 0 Å². The summed E-state index contributed by atoms with van der Waals surface area (Å²) in [6, 6.07) is 3.61. The van der Waals surface area contributed by atoms with E-state index in [9.17, 15) is 4.79 Å². The van der Waals surface area contributed by atoms with Gasteiger partial charge in [-0.05, 0) is 17.7 Å². The second-order valence-electron chi connectivity index (χ2n) is 4.88. The summed E-state index contributed by atoms with van der Waals surface area (Å²) in [5.41, 5.74) is 0.862. The molecule has 6 nitrogen and oxygen atoms in total. The molecule has 114 valence electrons. The van der Waals surface area contributed by atoms with Gasteiger partial charge in [0.1, 0.15) is 19.3 Å². The van der Waals surface area contributed by atoms with Gasteiger partial charge in [0.05, 0.1) is 11.6 Å². The van der Waals surface area contributed by atoms with Crippen molar-refractivity contribution in [1.82, 2.24) is 10.6 Å². The summed E-state index contributed by atoms with van der Waals surface area (Å²) in [4.78, 5) is 12.0. The Morgan fingerprint density at radius 2 is 2.19 bits per heavy atom. The number of carbonyl (C=O) groups excluding carboxylic acids is 1. The van der Waals surface area contributed by atoms with E-state index in [1.54, 1.807) is 6.07 Å². The zero-order chi connectivity index (χ0) is 14.7. The summed E-state index contributed by atoms with van der Waals surface area (Å²) >= 11 is 6.16. The highest BCUT2D eigenvalue weighted by atomic mass is 35.5. The average molecular weight is 313 g/mol. The molecule has 1 unspecified atom stereocenters. The number of morpholine rings is 1. The fourth-order valence-corrected chi connectivity index (χ4v) is 2.59. The Balaban J connectivity index is 1.62. The molecule has 0 aromatic heterocycles. The topological polar surface area (TPSA) is 68.8 Å². The van der Waals surface area contributed by atoms with E-state index in [0.717, 1.165) is 12.1 Å². The molecule has 0 spiro atoms. The van der Waals surface area contributed by atoms with Gasteiger partial charge in [0.15, 0.2) is 11.5 Å². The van der Waals surface area contributed by atoms with Gasteiger partial charge in [-0.15, -0.1) is 0 Å². The van der Waals surface area contributed by atoms with Crippen molar-refractivity contribution < 1.29 is 19.0 Å². The van der Waals surface area contributed by atoms with E-state index < -0.39 is 6.10 Å². The normalized spacial score (nSPS) is 20.9. The summed E-state index contributed by atoms with van der Waals surface area (Å²) in [6.07, 6.45) is -0.438. The summed E-state index contributed by atoms with van der Waals surface area (Å²) in [5, 5.41) is 6.46. The van der Waals surface area contributed by atoms with Crippen molar-refractivity contribution in [2.45, 2.75) is 12.6 Å². The van der Waals surface area contributed by atoms with E-state index in [0.29, 0.717) is 49.4 Å². The maximum atomic E-state index is 12.0. The van der Waals surface area contributed by atoms with Crippen molar-refractivity contribution in [2.24, 2.45) is 0 Å². The fraction of sp³-hybridized carbons (Fsp3) is 0.500. The lowest BCUT2D eigenvalue weighted by Gasteiger charge is -2.23. The molecule has 2 heterocycles. The van der Waals surface area contributed by atoms with Gasteiger partial charge in [-0.2, -0.15) is 0 Å². The standard InChI is InChI=1S/C14H17ClN2O4/c15-10-5-9(6-11-13(10)21-4-3-20-11)7-17-14(18)12-8-16-1-2-19-12/h5-6,12,16H,1-4,7-8H2,(H,17,18). The fourth-order valence-electron chi connectivity index (χ4n) is 2.30. The minimum atomic E-state index is -0.438. The average Bonchev–Trinajstić information content (AvgIpc) is 2.53. The number of hydrogen-bond acceptors (Lipinski definition) is 5. The van der Waals surface area contributed by atoms with Gasteiger partial charge in [0.2, 0.25) is 0 Å². The molecule has 0 saturated carbocycles. The molecule has 2 N–H and O–H groups in total. The van der Waals surface area contributed by atoms with Crippen LogP contribution in [-0.2, 0) is 16.1 Å². The van der Waals surface area contributed by atoms with Crippen LogP contribution in [0.15, 0.2) is 12.1 Å². The van der Waals surface area contributed by atoms with Crippen LogP contribution in [0, 0.1) is 0 Å². The number of halogens is 1. The highest BCUT2D eigenvalue weighted by Crippen LogP contribution is 2.38. The Labute approximate surface area is 127 Å². The van der Waals surface area contributed by atoms with E-state index in [1.165, 1.54) is 0 Å². The van der Waals surface area contributed by atoms with Crippen LogP contribution in [0.25, 0.3) is 0 Å². The molecule has 1 amide bonds. The van der Waals surface area contributed by atoms with Crippen LogP contribution in [0.2, 0.25) is 5.02 Å². The van der Waals surface area contributed by atoms with Gasteiger partial charge < -0.3 is 24.8 Å². The summed E-state index contributed by atoms with van der Waals surface area (Å²) in [5.74, 6) is 1.06. The number of benzene rings is 1. The molecule has 1 aromatic rings. The third-order valence-corrected chi connectivity index (χ3v) is 3.62. The highest BCUT2D eigenvalue weighted by Gasteiger charge is 2.22. The van der Waals surface area contributed by atoms with E-state index in [4.69, 9.17) is 25.8 Å². The molecule has 0 radical (unpaired) electrons. The van der Waals surface area contributed by atoms with Crippen molar-refractivity contribution in [3.05, 3.63) is 22.7 Å². The van der Waals surface area contributed by atoms with Crippen molar-refractivity contribution in [2.75, 3.05) is 32.9 Å². The van der Waals surface area contributed by atoms with E-state index >= 15 is 0 Å². The zero-order valence-corrected chi connectivity index (χ0v) is 12.2. The Bertz CT molecular complexity index is 532. The first-order chi connectivity index (χ1) is 10.2. The van der Waals surface area contributed by atoms with E-state index in [1.807, 2.05) is 6.07 Å². The van der Waals surface area contributed by atoms with Crippen molar-refractivity contribution in [3.63, 3.8) is 0 Å². The van der Waals surface area contributed by atoms with Gasteiger partial charge in [-0.3, -0.25) is 4.79 Å². The first-order valence-electron chi connectivity index (χ1n) is 6.92. The molecule has 0 aliphatic carbocycles. The molecule has 1 atom stereocenters. The Hall–Kier alpha value is -1.50. The smallest absolute Gasteiger partial charge is 0.250 e. The quantitative estimate of drug-likeness (QED) is 0.860. The number of fused-ring (bicyclic) bond motifs is 1. The minimum absolute atomic E-state index is 0.131. The van der Waals surface area contributed by atoms with Gasteiger partial charge >= 0.3 is 0 Å². The molecule has 1 aromatic carbocycles. The molecular weight excluding hydrogens is 296 g/mol. The highest BCUT2D eigenvalue weighted by molar-refractivity contribution is 6.32. The Kier molecular flexibility index (Phi) is 4.48. The van der Waals surface area contributed by atoms with Crippen LogP contribution < -0.4 is 20.1 Å². The zero-order valence-electron chi connectivity index (χ0n) is 11.5. The molecule has 1 fully saturated rings. The second-order valence-corrected chi connectivity index (χ2v) is 5.29. The van der Waals surface area contributed by atoms with Gasteiger partial charge in [0, 0.05) is 19.6 Å². The monoisotopic (exact) mass is 312 g/mol. The van der Waals surface area contributed by atoms with Crippen LogP contribution in [0.1, 0.15) is 5.56 Å². The SMILES string of the molecule is O=C(NCc1cc(Cl)c2c(c1)OCCO2)C1CNCCO1. The lowest BCUT2D eigenvalue weighted by atomic mass is 10.2. The predicted molar refractivity (Wildman–Crippen MR) is 76.9 cm³/mol. The number of nitrogens with one attached hydrogen (secondary N) is 2. The number of hydrogen-bond donors (Lipinski definition) is 2. The van der Waals surface area contributed by atoms with Crippen LogP contribution >= 0.6 is 11.6 Å². The molecular formula is C14H17ClN2O4. The maximum Gasteiger partial charge on any atom is 0.250 e. The van der Waals surface area contributed by atoms with Crippen LogP contribution in [0.3, 0.4) is 0 Å². The van der Waals surface area contributed by atoms with Gasteiger partial charge in [0.25, 0.3) is 5.91 Å². The number of rotatable bonds is 3. The van der Waals surface area contributed by atoms with Crippen LogP contribution in [0.5, 0.6) is 11.5 Å². The molecule has 1 saturated heterocycles. The third-order valence-electron chi connectivity index (χ3n) is 3.34. The molecule has 2 aliphatic heterocycles. The summed E-state index contributed by atoms with van der Waals surface area (Å²) < 4.78 is 16.4. The second kappa shape index (κ2) is 6.51. The number of carbonyl (C=O) groups is 1. The lowest BCUT2D eigenvalue weighted by Crippen LogP contribution is -2.47. The van der Waals surface area contributed by atoms with Gasteiger partial charge in [-0.1, -0.05) is 11.6 Å². The molecule has 2 aliphatic rings. The predicted octanol–water partition coefficient (Wildman–Crippen LogP) is 0.716. The summed E-state index contributed by atoms with van der Waals surface area (Å²) in [7, 11) is 0. The number of ether oxygens (including phenoxy) is 3. The summed E-state index contributed by atoms with van der Waals surface area (Å²) in [6.45, 7) is 3.23. The largest absolute Gasteiger partial charge is 0.486 e. The Morgan fingerprint density at radius 3 is 3.00 bits per heavy atom. The van der Waals surface area contributed by atoms with E-state index in [-0.39, 0.29) is 5.91 Å². The number of amides is 1. The maximum absolute atomic E-state index is 12.0. The third kappa shape index (κ3) is 3.40. The van der Waals surface area contributed by atoms with Crippen molar-refractivity contribution in [3.8, 4) is 11.5 Å². The molecule has 7 heteroatoms. The lowest BCUT2D eigenvalue weighted by molar-refractivity contribution is -0.134. The Morgan fingerprint density at radius 1 is 1.33 bits per heavy atom. The minimum Gasteiger partial charge on any atom is -0.486 e. The first kappa shape index (κ1) is 14.4. The molecule has 0 bridgehead atoms. The molecule has 3 rings (SSSR count). The first-order valence-corrected chi connectivity index (χ1v) is 7.30. The van der Waals surface area contributed by atoms with Crippen LogP contribution in [0.4, 0.5) is 0 Å².